The van der Waals surface area contributed by atoms with Gasteiger partial charge in [-0.05, 0) is 36.4 Å². The van der Waals surface area contributed by atoms with Crippen LogP contribution < -0.4 is 15.2 Å². The third kappa shape index (κ3) is 4.50. The lowest BCUT2D eigenvalue weighted by molar-refractivity contribution is -0.113. The number of benzene rings is 1. The molecule has 1 aromatic carbocycles. The van der Waals surface area contributed by atoms with Crippen LogP contribution >= 0.6 is 23.1 Å². The van der Waals surface area contributed by atoms with Gasteiger partial charge in [0, 0.05) is 29.5 Å². The van der Waals surface area contributed by atoms with Gasteiger partial charge in [0.15, 0.2) is 10.1 Å². The van der Waals surface area contributed by atoms with E-state index >= 15 is 0 Å². The molecule has 0 radical (unpaired) electrons. The second-order valence-electron chi connectivity index (χ2n) is 6.88. The lowest BCUT2D eigenvalue weighted by atomic mass is 10.2. The predicted octanol–water partition coefficient (Wildman–Crippen LogP) is 4.63. The van der Waals surface area contributed by atoms with E-state index in [1.807, 2.05) is 0 Å². The Bertz CT molecular complexity index is 1460. The fourth-order valence-electron chi connectivity index (χ4n) is 3.21. The first-order chi connectivity index (χ1) is 16.5. The number of ether oxygens (including phenoxy) is 1. The third-order valence-electron chi connectivity index (χ3n) is 4.68. The maximum Gasteiger partial charge on any atom is 0.387 e. The summed E-state index contributed by atoms with van der Waals surface area (Å²) in [5.74, 6) is 0.296. The monoisotopic (exact) mass is 500 g/mol. The van der Waals surface area contributed by atoms with E-state index in [0.717, 1.165) is 0 Å². The summed E-state index contributed by atoms with van der Waals surface area (Å²) in [4.78, 5) is 36.3. The van der Waals surface area contributed by atoms with Crippen molar-refractivity contribution in [2.45, 2.75) is 12.4 Å². The van der Waals surface area contributed by atoms with Gasteiger partial charge < -0.3 is 9.15 Å². The van der Waals surface area contributed by atoms with Crippen LogP contribution in [0.25, 0.3) is 11.0 Å². The van der Waals surface area contributed by atoms with Crippen LogP contribution in [0, 0.1) is 0 Å². The summed E-state index contributed by atoms with van der Waals surface area (Å²) in [5, 5.41) is 2.12. The number of carbonyl (C=O) groups is 1. The number of rotatable bonds is 6. The van der Waals surface area contributed by atoms with Crippen LogP contribution in [0.15, 0.2) is 80.2 Å². The Labute approximate surface area is 198 Å². The van der Waals surface area contributed by atoms with Crippen molar-refractivity contribution in [3.63, 3.8) is 0 Å². The molecule has 0 bridgehead atoms. The number of amides is 1. The second kappa shape index (κ2) is 9.23. The SMILES string of the molecule is O=C1C(=Cc2ccco2)N=C(SCc2cc(=O)n3ccsc3n2)N1c1ccc(OC(F)F)cc1. The Hall–Kier alpha value is -3.77. The Balaban J connectivity index is 1.45. The first kappa shape index (κ1) is 22.0. The molecule has 0 fully saturated rings. The number of thioether (sulfide) groups is 1. The van der Waals surface area contributed by atoms with E-state index in [0.29, 0.717) is 27.3 Å². The lowest BCUT2D eigenvalue weighted by Crippen LogP contribution is -2.30. The second-order valence-corrected chi connectivity index (χ2v) is 8.70. The minimum atomic E-state index is -2.95. The van der Waals surface area contributed by atoms with Crippen LogP contribution in [0.4, 0.5) is 14.5 Å². The molecular formula is C22H14F2N4O4S2. The molecule has 0 saturated heterocycles. The molecule has 1 aliphatic heterocycles. The predicted molar refractivity (Wildman–Crippen MR) is 125 cm³/mol. The molecule has 172 valence electrons. The molecule has 0 unspecified atom stereocenters. The number of thiazole rings is 1. The fourth-order valence-corrected chi connectivity index (χ4v) is 4.85. The van der Waals surface area contributed by atoms with Gasteiger partial charge in [-0.3, -0.25) is 18.9 Å². The minimum absolute atomic E-state index is 0.0307. The average Bonchev–Trinajstić information content (AvgIpc) is 3.55. The van der Waals surface area contributed by atoms with Crippen molar-refractivity contribution in [3.8, 4) is 5.75 Å². The molecule has 4 heterocycles. The van der Waals surface area contributed by atoms with Crippen molar-refractivity contribution < 1.29 is 22.7 Å². The van der Waals surface area contributed by atoms with Crippen LogP contribution in [0.5, 0.6) is 5.75 Å². The van der Waals surface area contributed by atoms with Crippen LogP contribution in [0.2, 0.25) is 0 Å². The number of anilines is 1. The number of fused-ring (bicyclic) bond motifs is 1. The number of nitrogens with zero attached hydrogens (tertiary/aromatic N) is 4. The molecule has 0 saturated carbocycles. The number of carbonyl (C=O) groups excluding carboxylic acids is 1. The van der Waals surface area contributed by atoms with Crippen molar-refractivity contribution in [1.82, 2.24) is 9.38 Å². The Kier molecular flexibility index (Phi) is 5.99. The van der Waals surface area contributed by atoms with Gasteiger partial charge in [-0.2, -0.15) is 8.78 Å². The molecule has 0 aliphatic carbocycles. The lowest BCUT2D eigenvalue weighted by Gasteiger charge is -2.18. The molecule has 12 heteroatoms. The van der Waals surface area contributed by atoms with Crippen molar-refractivity contribution in [2.24, 2.45) is 4.99 Å². The van der Waals surface area contributed by atoms with Gasteiger partial charge in [-0.1, -0.05) is 11.8 Å². The van der Waals surface area contributed by atoms with Crippen LogP contribution in [0.1, 0.15) is 11.5 Å². The number of furan rings is 1. The highest BCUT2D eigenvalue weighted by atomic mass is 32.2. The first-order valence-electron chi connectivity index (χ1n) is 9.80. The van der Waals surface area contributed by atoms with E-state index in [-0.39, 0.29) is 22.8 Å². The first-order valence-corrected chi connectivity index (χ1v) is 11.7. The molecule has 34 heavy (non-hydrogen) atoms. The average molecular weight is 501 g/mol. The van der Waals surface area contributed by atoms with E-state index in [1.54, 1.807) is 23.7 Å². The summed E-state index contributed by atoms with van der Waals surface area (Å²) in [6.07, 6.45) is 4.65. The van der Waals surface area contributed by atoms with Gasteiger partial charge >= 0.3 is 6.61 Å². The maximum atomic E-state index is 13.2. The largest absolute Gasteiger partial charge is 0.465 e. The Morgan fingerprint density at radius 3 is 2.76 bits per heavy atom. The number of hydrogen-bond donors (Lipinski definition) is 0. The molecule has 0 atom stereocenters. The van der Waals surface area contributed by atoms with Gasteiger partial charge in [-0.25, -0.2) is 9.98 Å². The van der Waals surface area contributed by atoms with Crippen LogP contribution in [-0.4, -0.2) is 27.1 Å². The quantitative estimate of drug-likeness (QED) is 0.359. The Morgan fingerprint density at radius 2 is 2.03 bits per heavy atom. The molecule has 8 nitrogen and oxygen atoms in total. The standard InChI is InChI=1S/C22H14F2N4O4S2/c23-20(24)32-15-5-3-14(4-6-15)28-19(30)17(11-16-2-1-8-31-16)26-22(28)34-12-13-10-18(29)27-7-9-33-21(27)25-13/h1-11,20H,12H2. The zero-order valence-corrected chi connectivity index (χ0v) is 18.8. The Morgan fingerprint density at radius 1 is 1.21 bits per heavy atom. The smallest absolute Gasteiger partial charge is 0.387 e. The molecule has 1 aliphatic rings. The topological polar surface area (TPSA) is 89.4 Å². The zero-order valence-electron chi connectivity index (χ0n) is 17.1. The number of alkyl halides is 2. The number of aliphatic imine (C=N–C) groups is 1. The summed E-state index contributed by atoms with van der Waals surface area (Å²) >= 11 is 2.56. The zero-order chi connectivity index (χ0) is 23.7. The van der Waals surface area contributed by atoms with E-state index in [9.17, 15) is 18.4 Å². The highest BCUT2D eigenvalue weighted by Crippen LogP contribution is 2.32. The highest BCUT2D eigenvalue weighted by molar-refractivity contribution is 8.13. The van der Waals surface area contributed by atoms with Gasteiger partial charge in [0.05, 0.1) is 17.6 Å². The van der Waals surface area contributed by atoms with Crippen molar-refractivity contribution in [3.05, 3.63) is 87.8 Å². The van der Waals surface area contributed by atoms with Crippen molar-refractivity contribution >= 4 is 50.9 Å². The maximum absolute atomic E-state index is 13.2. The number of aromatic nitrogens is 2. The van der Waals surface area contributed by atoms with Gasteiger partial charge in [0.1, 0.15) is 17.2 Å². The van der Waals surface area contributed by atoms with E-state index < -0.39 is 12.5 Å². The highest BCUT2D eigenvalue weighted by Gasteiger charge is 2.32. The van der Waals surface area contributed by atoms with E-state index in [1.165, 1.54) is 75.1 Å². The van der Waals surface area contributed by atoms with Gasteiger partial charge in [0.25, 0.3) is 11.5 Å². The number of hydrogen-bond acceptors (Lipinski definition) is 8. The minimum Gasteiger partial charge on any atom is -0.465 e. The molecule has 0 spiro atoms. The third-order valence-corrected chi connectivity index (χ3v) is 6.41. The summed E-state index contributed by atoms with van der Waals surface area (Å²) in [6.45, 7) is -2.95. The normalized spacial score (nSPS) is 15.0. The number of amidine groups is 1. The summed E-state index contributed by atoms with van der Waals surface area (Å²) < 4.78 is 36.1. The summed E-state index contributed by atoms with van der Waals surface area (Å²) in [5.41, 5.74) is 0.905. The van der Waals surface area contributed by atoms with Crippen LogP contribution in [0.3, 0.4) is 0 Å². The summed E-state index contributed by atoms with van der Waals surface area (Å²) in [7, 11) is 0. The van der Waals surface area contributed by atoms with Crippen LogP contribution in [-0.2, 0) is 10.5 Å². The molecule has 3 aromatic heterocycles. The fraction of sp³-hybridized carbons (Fsp3) is 0.0909. The molecule has 1 amide bonds. The molecular weight excluding hydrogens is 486 g/mol. The van der Waals surface area contributed by atoms with Crippen molar-refractivity contribution in [1.29, 1.82) is 0 Å². The van der Waals surface area contributed by atoms with Gasteiger partial charge in [-0.15, -0.1) is 11.3 Å². The molecule has 5 rings (SSSR count). The number of halogens is 2. The molecule has 4 aromatic rings. The van der Waals surface area contributed by atoms with Gasteiger partial charge in [0.2, 0.25) is 0 Å². The van der Waals surface area contributed by atoms with Crippen molar-refractivity contribution in [2.75, 3.05) is 4.90 Å². The van der Waals surface area contributed by atoms with E-state index in [4.69, 9.17) is 4.42 Å². The van der Waals surface area contributed by atoms with E-state index in [2.05, 4.69) is 14.7 Å². The molecule has 0 N–H and O–H groups in total. The summed E-state index contributed by atoms with van der Waals surface area (Å²) in [6, 6.07) is 10.5.